The van der Waals surface area contributed by atoms with Crippen LogP contribution in [0.3, 0.4) is 0 Å². The van der Waals surface area contributed by atoms with Crippen molar-refractivity contribution < 1.29 is 78.0 Å². The van der Waals surface area contributed by atoms with E-state index in [1.165, 1.54) is 6.92 Å². The van der Waals surface area contributed by atoms with Crippen LogP contribution in [-0.2, 0) is 64.0 Å². The maximum Gasteiger partial charge on any atom is 0.328 e. The van der Waals surface area contributed by atoms with E-state index in [4.69, 9.17) is 17.2 Å². The minimum absolute atomic E-state index is 0.0426. The second kappa shape index (κ2) is 36.6. The summed E-state index contributed by atoms with van der Waals surface area (Å²) in [6.45, 7) is 17.1. The van der Waals surface area contributed by atoms with Gasteiger partial charge in [-0.05, 0) is 94.1 Å². The number of guanidine groups is 1. The molecule has 2 rings (SSSR count). The molecule has 1 aromatic carbocycles. The highest BCUT2D eigenvalue weighted by atomic mass is 16.4. The highest BCUT2D eigenvalue weighted by Crippen LogP contribution is 2.20. The Morgan fingerprint density at radius 1 is 0.506 bits per heavy atom. The van der Waals surface area contributed by atoms with Gasteiger partial charge in [-0.2, -0.15) is 0 Å². The number of benzene rings is 1. The van der Waals surface area contributed by atoms with E-state index in [1.807, 2.05) is 46.9 Å². The van der Waals surface area contributed by atoms with E-state index >= 15 is 0 Å². The van der Waals surface area contributed by atoms with Crippen LogP contribution < -0.4 is 65.1 Å². The van der Waals surface area contributed by atoms with Crippen molar-refractivity contribution in [1.29, 1.82) is 0 Å². The summed E-state index contributed by atoms with van der Waals surface area (Å²) >= 11 is 0. The first-order valence-electron chi connectivity index (χ1n) is 29.0. The first-order chi connectivity index (χ1) is 40.6. The number of hydrogen-bond acceptors (Lipinski definition) is 15. The third kappa shape index (κ3) is 27.2. The van der Waals surface area contributed by atoms with Crippen LogP contribution >= 0.6 is 0 Å². The molecule has 87 heavy (non-hydrogen) atoms. The number of carbonyl (C=O) groups is 12. The fourth-order valence-corrected chi connectivity index (χ4v) is 9.11. The summed E-state index contributed by atoms with van der Waals surface area (Å²) in [5.74, 6) is -13.7. The Morgan fingerprint density at radius 2 is 0.931 bits per heavy atom. The molecule has 0 saturated heterocycles. The summed E-state index contributed by atoms with van der Waals surface area (Å²) < 4.78 is 0. The van der Waals surface area contributed by atoms with E-state index in [-0.39, 0.29) is 74.7 Å². The highest BCUT2D eigenvalue weighted by molar-refractivity contribution is 5.99. The van der Waals surface area contributed by atoms with Crippen LogP contribution in [0.15, 0.2) is 35.5 Å². The van der Waals surface area contributed by atoms with Gasteiger partial charge in [0.05, 0.1) is 18.6 Å². The van der Waals surface area contributed by atoms with E-state index in [0.717, 1.165) is 6.92 Å². The minimum atomic E-state index is -2.02. The average molecular weight is 1230 g/mol. The molecule has 0 unspecified atom stereocenters. The van der Waals surface area contributed by atoms with Gasteiger partial charge >= 0.3 is 17.9 Å². The van der Waals surface area contributed by atoms with E-state index in [9.17, 15) is 78.0 Å². The lowest BCUT2D eigenvalue weighted by atomic mass is 9.98. The van der Waals surface area contributed by atoms with Gasteiger partial charge in [0.15, 0.2) is 12.0 Å². The normalized spacial score (nSPS) is 15.2. The maximum absolute atomic E-state index is 14.6. The van der Waals surface area contributed by atoms with Gasteiger partial charge in [0.25, 0.3) is 0 Å². The third-order valence-corrected chi connectivity index (χ3v) is 13.5. The first-order valence-corrected chi connectivity index (χ1v) is 29.0. The number of carboxylic acids is 3. The molecule has 11 atom stereocenters. The lowest BCUT2D eigenvalue weighted by molar-refractivity contribution is -0.146. The fraction of sp³-hybridized carbons (Fsp3) is 0.632. The van der Waals surface area contributed by atoms with Crippen molar-refractivity contribution in [1.82, 2.24) is 52.8 Å². The largest absolute Gasteiger partial charge is 0.481 e. The number of fused-ring (bicyclic) bond motifs is 1. The van der Waals surface area contributed by atoms with Gasteiger partial charge in [0.2, 0.25) is 53.2 Å². The van der Waals surface area contributed by atoms with Crippen LogP contribution in [0.4, 0.5) is 0 Å². The predicted molar refractivity (Wildman–Crippen MR) is 319 cm³/mol. The van der Waals surface area contributed by atoms with Gasteiger partial charge in [-0.1, -0.05) is 73.6 Å². The third-order valence-electron chi connectivity index (χ3n) is 13.5. The van der Waals surface area contributed by atoms with Crippen molar-refractivity contribution in [3.63, 3.8) is 0 Å². The molecule has 1 heterocycles. The van der Waals surface area contributed by atoms with Gasteiger partial charge in [0, 0.05) is 36.5 Å². The van der Waals surface area contributed by atoms with Crippen molar-refractivity contribution in [3.8, 4) is 0 Å². The molecule has 0 saturated carbocycles. The second-order valence-corrected chi connectivity index (χ2v) is 23.4. The number of carboxylic acid groups (broad SMARTS) is 3. The van der Waals surface area contributed by atoms with E-state index in [1.54, 1.807) is 44.3 Å². The zero-order chi connectivity index (χ0) is 66.0. The van der Waals surface area contributed by atoms with Crippen LogP contribution in [0, 0.1) is 23.7 Å². The minimum Gasteiger partial charge on any atom is -0.481 e. The summed E-state index contributed by atoms with van der Waals surface area (Å²) in [7, 11) is 0. The fourth-order valence-electron chi connectivity index (χ4n) is 9.11. The standard InChI is InChI=1S/C57H92N14O16/c1-27(2)20-35(58)48(78)66-40(22-29(5)6)52(82)68-41(23-30(7)8)53(83)67-39(21-28(3)4)51(81)63-31(9)47(77)64-37(16-13-19-61-57(59)60)49(79)69-42(24-33-26-62-36-15-12-11-14-34(33)36)54(84)65-38(17-18-44(73)74)50(80)70-43(25-45(75)76)55(85)71-46(32(10)72)56(86)87/h11-12,14-15,26-32,35,37-43,46,62,72H,13,16-25,58H2,1-10H3,(H,63,81)(H,64,77)(H,65,84)(H,66,78)(H,67,83)(H,68,82)(H,69,79)(H,70,80)(H,71,85)(H,73,74)(H,75,76)(H,86,87)(H4,59,60,61)/t31-,32+,35-,37-,38-,39-,40-,41-,42-,43-,46-/m0/s1. The van der Waals surface area contributed by atoms with Crippen molar-refractivity contribution >= 4 is 87.9 Å². The number of hydrogen-bond donors (Lipinski definition) is 17. The number of H-pyrrole nitrogens is 1. The molecule has 30 nitrogen and oxygen atoms in total. The SMILES string of the molecule is CC(C)C[C@H](NC(=O)[C@H](CC(C)C)NC(=O)[C@H](CC(C)C)NC(=O)[C@@H](N)CC(C)C)C(=O)N[C@@H](C)C(=O)N[C@@H](CCCN=C(N)N)C(=O)N[C@@H](Cc1c[nH]c2ccccc12)C(=O)N[C@@H](CCC(=O)O)C(=O)N[C@@H](CC(=O)O)C(=O)N[C@H](C(=O)O)[C@@H](C)O. The lowest BCUT2D eigenvalue weighted by Crippen LogP contribution is -2.61. The number of aliphatic hydroxyl groups is 1. The van der Waals surface area contributed by atoms with Crippen LogP contribution in [-0.4, -0.2) is 176 Å². The molecule has 9 amide bonds. The average Bonchev–Trinajstić information content (AvgIpc) is 2.09. The summed E-state index contributed by atoms with van der Waals surface area (Å²) in [6.07, 6.45) is -2.34. The van der Waals surface area contributed by atoms with Crippen molar-refractivity contribution in [2.45, 2.75) is 200 Å². The lowest BCUT2D eigenvalue weighted by Gasteiger charge is -2.28. The maximum atomic E-state index is 14.6. The van der Waals surface area contributed by atoms with Gasteiger partial charge in [0.1, 0.15) is 48.3 Å². The number of aliphatic hydroxyl groups excluding tert-OH is 1. The van der Waals surface area contributed by atoms with Crippen molar-refractivity contribution in [2.75, 3.05) is 6.54 Å². The number of carbonyl (C=O) groups excluding carboxylic acids is 9. The molecular formula is C57H92N14O16. The smallest absolute Gasteiger partial charge is 0.328 e. The molecule has 0 bridgehead atoms. The monoisotopic (exact) mass is 1230 g/mol. The number of aromatic amines is 1. The number of aromatic nitrogens is 1. The van der Waals surface area contributed by atoms with Gasteiger partial charge in [-0.3, -0.25) is 57.7 Å². The Hall–Kier alpha value is -8.41. The van der Waals surface area contributed by atoms with Gasteiger partial charge in [-0.25, -0.2) is 4.79 Å². The number of para-hydroxylation sites is 1. The molecule has 20 N–H and O–H groups in total. The summed E-state index contributed by atoms with van der Waals surface area (Å²) in [5.41, 5.74) is 18.3. The Morgan fingerprint density at radius 3 is 1.41 bits per heavy atom. The highest BCUT2D eigenvalue weighted by Gasteiger charge is 2.37. The summed E-state index contributed by atoms with van der Waals surface area (Å²) in [6, 6.07) is -7.85. The Bertz CT molecular complexity index is 2730. The molecule has 0 aliphatic carbocycles. The number of nitrogens with one attached hydrogen (secondary N) is 10. The van der Waals surface area contributed by atoms with Gasteiger partial charge < -0.3 is 90.5 Å². The molecule has 0 fully saturated rings. The van der Waals surface area contributed by atoms with E-state index in [0.29, 0.717) is 22.9 Å². The molecule has 0 aliphatic rings. The zero-order valence-electron chi connectivity index (χ0n) is 51.2. The molecule has 0 aliphatic heterocycles. The van der Waals surface area contributed by atoms with Gasteiger partial charge in [-0.15, -0.1) is 0 Å². The molecule has 486 valence electrons. The Kier molecular flexibility index (Phi) is 31.4. The van der Waals surface area contributed by atoms with Crippen molar-refractivity contribution in [2.24, 2.45) is 45.9 Å². The predicted octanol–water partition coefficient (Wildman–Crippen LogP) is -1.54. The first kappa shape index (κ1) is 74.7. The molecular weight excluding hydrogens is 1140 g/mol. The van der Waals surface area contributed by atoms with Crippen LogP contribution in [0.25, 0.3) is 10.9 Å². The molecule has 2 aromatic rings. The van der Waals surface area contributed by atoms with Crippen LogP contribution in [0.2, 0.25) is 0 Å². The molecule has 0 spiro atoms. The topological polar surface area (TPSA) is 500 Å². The van der Waals surface area contributed by atoms with E-state index < -0.39 is 157 Å². The summed E-state index contributed by atoms with van der Waals surface area (Å²) in [5, 5.41) is 61.7. The quantitative estimate of drug-likeness (QED) is 0.0205. The van der Waals surface area contributed by atoms with E-state index in [2.05, 4.69) is 52.5 Å². The number of nitrogens with two attached hydrogens (primary N) is 3. The van der Waals surface area contributed by atoms with Crippen LogP contribution in [0.1, 0.15) is 133 Å². The molecule has 30 heteroatoms. The van der Waals surface area contributed by atoms with Crippen LogP contribution in [0.5, 0.6) is 0 Å². The number of nitrogens with zero attached hydrogens (tertiary/aromatic N) is 1. The number of amides is 9. The number of aliphatic carboxylic acids is 3. The Labute approximate surface area is 505 Å². The second-order valence-electron chi connectivity index (χ2n) is 23.4. The number of aliphatic imine (C=N–C) groups is 1. The molecule has 0 radical (unpaired) electrons. The molecule has 1 aromatic heterocycles. The van der Waals surface area contributed by atoms with Crippen molar-refractivity contribution in [3.05, 3.63) is 36.0 Å². The number of rotatable bonds is 39. The Balaban J connectivity index is 2.54. The summed E-state index contributed by atoms with van der Waals surface area (Å²) in [4.78, 5) is 168. The zero-order valence-corrected chi connectivity index (χ0v) is 51.2.